The number of hydrogen-bond donors (Lipinski definition) is 1. The highest BCUT2D eigenvalue weighted by molar-refractivity contribution is 7.89. The Hall–Kier alpha value is -1.40. The first-order valence-electron chi connectivity index (χ1n) is 8.84. The quantitative estimate of drug-likeness (QED) is 0.908. The molecule has 1 amide bonds. The predicted molar refractivity (Wildman–Crippen MR) is 93.2 cm³/mol. The van der Waals surface area contributed by atoms with E-state index in [0.717, 1.165) is 0 Å². The molecule has 1 N–H and O–H groups in total. The van der Waals surface area contributed by atoms with Gasteiger partial charge in [-0.1, -0.05) is 31.4 Å². The lowest BCUT2D eigenvalue weighted by Gasteiger charge is -2.22. The summed E-state index contributed by atoms with van der Waals surface area (Å²) in [5.74, 6) is 0.461. The minimum absolute atomic E-state index is 0.0845. The molecule has 0 radical (unpaired) electrons. The van der Waals surface area contributed by atoms with Gasteiger partial charge in [0.15, 0.2) is 0 Å². The maximum Gasteiger partial charge on any atom is 0.243 e. The summed E-state index contributed by atoms with van der Waals surface area (Å²) in [4.78, 5) is 11.5. The first-order valence-corrected chi connectivity index (χ1v) is 10.3. The van der Waals surface area contributed by atoms with Crippen molar-refractivity contribution in [2.45, 2.75) is 62.3 Å². The second-order valence-corrected chi connectivity index (χ2v) is 8.89. The fourth-order valence-corrected chi connectivity index (χ4v) is 5.35. The van der Waals surface area contributed by atoms with Gasteiger partial charge in [-0.2, -0.15) is 4.31 Å². The molecule has 1 saturated heterocycles. The fraction of sp³-hybridized carbons (Fsp3) is 0.611. The Balaban J connectivity index is 1.69. The molecule has 1 unspecified atom stereocenters. The maximum absolute atomic E-state index is 12.8. The van der Waals surface area contributed by atoms with Crippen LogP contribution in [0.5, 0.6) is 0 Å². The smallest absolute Gasteiger partial charge is 0.243 e. The van der Waals surface area contributed by atoms with Gasteiger partial charge in [-0.25, -0.2) is 8.42 Å². The number of carbonyl (C=O) groups excluding carboxylic acids is 1. The van der Waals surface area contributed by atoms with Crippen molar-refractivity contribution in [1.82, 2.24) is 9.62 Å². The van der Waals surface area contributed by atoms with Gasteiger partial charge < -0.3 is 5.32 Å². The van der Waals surface area contributed by atoms with E-state index in [4.69, 9.17) is 0 Å². The molecule has 2 aliphatic rings. The number of carbonyl (C=O) groups is 1. The van der Waals surface area contributed by atoms with Gasteiger partial charge in [0.2, 0.25) is 15.9 Å². The summed E-state index contributed by atoms with van der Waals surface area (Å²) in [5, 5.41) is 2.80. The number of hydrogen-bond acceptors (Lipinski definition) is 3. The van der Waals surface area contributed by atoms with Crippen LogP contribution in [0.25, 0.3) is 0 Å². The molecular formula is C18H26N2O3S. The van der Waals surface area contributed by atoms with E-state index in [1.807, 2.05) is 12.1 Å². The van der Waals surface area contributed by atoms with E-state index in [2.05, 4.69) is 5.32 Å². The third kappa shape index (κ3) is 3.81. The lowest BCUT2D eigenvalue weighted by molar-refractivity contribution is -0.119. The summed E-state index contributed by atoms with van der Waals surface area (Å²) in [5.41, 5.74) is 1.26. The lowest BCUT2D eigenvalue weighted by atomic mass is 9.84. The molecule has 6 heteroatoms. The summed E-state index contributed by atoms with van der Waals surface area (Å²) < 4.78 is 27.0. The molecule has 5 nitrogen and oxygen atoms in total. The predicted octanol–water partition coefficient (Wildman–Crippen LogP) is 2.63. The van der Waals surface area contributed by atoms with Crippen LogP contribution >= 0.6 is 0 Å². The number of benzene rings is 1. The zero-order chi connectivity index (χ0) is 17.2. The highest BCUT2D eigenvalue weighted by atomic mass is 32.2. The number of nitrogens with zero attached hydrogens (tertiary/aromatic N) is 1. The summed E-state index contributed by atoms with van der Waals surface area (Å²) in [6.07, 6.45) is 6.92. The molecule has 1 aliphatic heterocycles. The normalized spacial score (nSPS) is 23.3. The van der Waals surface area contributed by atoms with Gasteiger partial charge >= 0.3 is 0 Å². The second-order valence-electron chi connectivity index (χ2n) is 6.95. The largest absolute Gasteiger partial charge is 0.352 e. The highest BCUT2D eigenvalue weighted by Crippen LogP contribution is 2.33. The molecule has 132 valence electrons. The SMILES string of the molecule is CC(=O)NC1CCN(S(=O)(=O)c2ccc(C3CCCCC3)cc2)C1. The van der Waals surface area contributed by atoms with E-state index in [0.29, 0.717) is 30.3 Å². The molecule has 2 fully saturated rings. The minimum atomic E-state index is -3.47. The monoisotopic (exact) mass is 350 g/mol. The van der Waals surface area contributed by atoms with E-state index in [1.54, 1.807) is 12.1 Å². The summed E-state index contributed by atoms with van der Waals surface area (Å²) >= 11 is 0. The summed E-state index contributed by atoms with van der Waals surface area (Å²) in [6, 6.07) is 7.35. The van der Waals surface area contributed by atoms with Crippen LogP contribution in [0.3, 0.4) is 0 Å². The molecule has 1 atom stereocenters. The topological polar surface area (TPSA) is 66.5 Å². The Morgan fingerprint density at radius 1 is 1.08 bits per heavy atom. The molecule has 0 aromatic heterocycles. The van der Waals surface area contributed by atoms with Crippen molar-refractivity contribution in [2.24, 2.45) is 0 Å². The number of nitrogens with one attached hydrogen (secondary N) is 1. The van der Waals surface area contributed by atoms with Gasteiger partial charge in [0.25, 0.3) is 0 Å². The first-order chi connectivity index (χ1) is 11.5. The van der Waals surface area contributed by atoms with Crippen molar-refractivity contribution in [3.63, 3.8) is 0 Å². The van der Waals surface area contributed by atoms with E-state index in [9.17, 15) is 13.2 Å². The van der Waals surface area contributed by atoms with E-state index < -0.39 is 10.0 Å². The van der Waals surface area contributed by atoms with E-state index in [1.165, 1.54) is 48.9 Å². The van der Waals surface area contributed by atoms with Gasteiger partial charge in [0.05, 0.1) is 4.90 Å². The van der Waals surface area contributed by atoms with Crippen LogP contribution in [-0.4, -0.2) is 37.8 Å². The lowest BCUT2D eigenvalue weighted by Crippen LogP contribution is -2.37. The molecule has 1 saturated carbocycles. The average Bonchev–Trinajstić information content (AvgIpc) is 3.04. The third-order valence-corrected chi connectivity index (χ3v) is 7.03. The zero-order valence-corrected chi connectivity index (χ0v) is 15.0. The molecule has 0 bridgehead atoms. The molecule has 1 aromatic rings. The molecule has 24 heavy (non-hydrogen) atoms. The molecule has 1 heterocycles. The third-order valence-electron chi connectivity index (χ3n) is 5.15. The van der Waals surface area contributed by atoms with E-state index >= 15 is 0 Å². The first kappa shape index (κ1) is 17.4. The van der Waals surface area contributed by atoms with Gasteiger partial charge in [-0.15, -0.1) is 0 Å². The van der Waals surface area contributed by atoms with Crippen LogP contribution in [0.15, 0.2) is 29.2 Å². The average molecular weight is 350 g/mol. The number of amides is 1. The van der Waals surface area contributed by atoms with Crippen molar-refractivity contribution in [3.8, 4) is 0 Å². The van der Waals surface area contributed by atoms with Crippen molar-refractivity contribution in [2.75, 3.05) is 13.1 Å². The maximum atomic E-state index is 12.8. The van der Waals surface area contributed by atoms with Crippen LogP contribution in [0.4, 0.5) is 0 Å². The Bertz CT molecular complexity index is 679. The van der Waals surface area contributed by atoms with Gasteiger partial charge in [-0.3, -0.25) is 4.79 Å². The van der Waals surface area contributed by atoms with Crippen molar-refractivity contribution < 1.29 is 13.2 Å². The Morgan fingerprint density at radius 3 is 2.38 bits per heavy atom. The second kappa shape index (κ2) is 7.23. The van der Waals surface area contributed by atoms with Crippen LogP contribution in [0.1, 0.15) is 56.9 Å². The van der Waals surface area contributed by atoms with Crippen molar-refractivity contribution in [1.29, 1.82) is 0 Å². The molecule has 1 aromatic carbocycles. The Labute approximate surface area is 144 Å². The van der Waals surface area contributed by atoms with Crippen LogP contribution in [0, 0.1) is 0 Å². The Morgan fingerprint density at radius 2 is 1.75 bits per heavy atom. The number of rotatable bonds is 4. The van der Waals surface area contributed by atoms with Crippen LogP contribution < -0.4 is 5.32 Å². The van der Waals surface area contributed by atoms with Crippen LogP contribution in [0.2, 0.25) is 0 Å². The fourth-order valence-electron chi connectivity index (χ4n) is 3.85. The van der Waals surface area contributed by atoms with E-state index in [-0.39, 0.29) is 11.9 Å². The highest BCUT2D eigenvalue weighted by Gasteiger charge is 2.32. The minimum Gasteiger partial charge on any atom is -0.352 e. The van der Waals surface area contributed by atoms with Gasteiger partial charge in [0.1, 0.15) is 0 Å². The zero-order valence-electron chi connectivity index (χ0n) is 14.2. The van der Waals surface area contributed by atoms with Gasteiger partial charge in [-0.05, 0) is 42.9 Å². The van der Waals surface area contributed by atoms with Crippen molar-refractivity contribution in [3.05, 3.63) is 29.8 Å². The molecule has 0 spiro atoms. The summed E-state index contributed by atoms with van der Waals surface area (Å²) in [7, 11) is -3.47. The Kier molecular flexibility index (Phi) is 5.25. The standard InChI is InChI=1S/C18H26N2O3S/c1-14(21)19-17-11-12-20(13-17)24(22,23)18-9-7-16(8-10-18)15-5-3-2-4-6-15/h7-10,15,17H,2-6,11-13H2,1H3,(H,19,21). The summed E-state index contributed by atoms with van der Waals surface area (Å²) in [6.45, 7) is 2.27. The number of sulfonamides is 1. The molecule has 3 rings (SSSR count). The van der Waals surface area contributed by atoms with Crippen molar-refractivity contribution >= 4 is 15.9 Å². The van der Waals surface area contributed by atoms with Crippen LogP contribution in [-0.2, 0) is 14.8 Å². The van der Waals surface area contributed by atoms with Gasteiger partial charge in [0, 0.05) is 26.1 Å². The molecule has 1 aliphatic carbocycles. The molecular weight excluding hydrogens is 324 g/mol.